The number of ether oxygens (including phenoxy) is 1. The Balaban J connectivity index is 1.99. The maximum absolute atomic E-state index is 11.8. The molecule has 0 N–H and O–H groups in total. The summed E-state index contributed by atoms with van der Waals surface area (Å²) in [5.41, 5.74) is 0.803. The van der Waals surface area contributed by atoms with Crippen LogP contribution in [0.1, 0.15) is 25.7 Å². The van der Waals surface area contributed by atoms with Gasteiger partial charge in [0.05, 0.1) is 12.5 Å². The third-order valence-corrected chi connectivity index (χ3v) is 4.05. The van der Waals surface area contributed by atoms with Crippen molar-refractivity contribution in [3.8, 4) is 0 Å². The molecule has 2 aliphatic rings. The summed E-state index contributed by atoms with van der Waals surface area (Å²) in [6, 6.07) is 0. The van der Waals surface area contributed by atoms with Gasteiger partial charge in [-0.15, -0.1) is 0 Å². The first-order valence-corrected chi connectivity index (χ1v) is 6.94. The second-order valence-electron chi connectivity index (χ2n) is 4.87. The fourth-order valence-electron chi connectivity index (χ4n) is 2.56. The van der Waals surface area contributed by atoms with Gasteiger partial charge in [0, 0.05) is 19.5 Å². The number of methoxy groups -OCH3 is 1. The first-order chi connectivity index (χ1) is 8.64. The quantitative estimate of drug-likeness (QED) is 0.477. The molecule has 0 spiro atoms. The van der Waals surface area contributed by atoms with Crippen molar-refractivity contribution in [2.24, 2.45) is 5.41 Å². The summed E-state index contributed by atoms with van der Waals surface area (Å²) in [6.07, 6.45) is 5.07. The van der Waals surface area contributed by atoms with Crippen LogP contribution in [-0.4, -0.2) is 42.7 Å². The fourth-order valence-corrected chi connectivity index (χ4v) is 2.75. The predicted octanol–water partition coefficient (Wildman–Crippen LogP) is 1.42. The lowest BCUT2D eigenvalue weighted by molar-refractivity contribution is -0.145. The highest BCUT2D eigenvalue weighted by molar-refractivity contribution is 7.80. The number of nitrogens with zero attached hydrogens (tertiary/aromatic N) is 1. The second kappa shape index (κ2) is 5.34. The van der Waals surface area contributed by atoms with E-state index in [1.54, 1.807) is 0 Å². The molecule has 0 aromatic rings. The van der Waals surface area contributed by atoms with Crippen LogP contribution in [0, 0.1) is 5.41 Å². The van der Waals surface area contributed by atoms with E-state index in [2.05, 4.69) is 12.6 Å². The summed E-state index contributed by atoms with van der Waals surface area (Å²) >= 11 is 4.07. The molecule has 1 amide bonds. The van der Waals surface area contributed by atoms with Gasteiger partial charge in [-0.05, 0) is 25.0 Å². The Labute approximate surface area is 113 Å². The van der Waals surface area contributed by atoms with Gasteiger partial charge in [-0.1, -0.05) is 11.6 Å². The number of hydrogen-bond donors (Lipinski definition) is 1. The Bertz CT molecular complexity index is 388. The fraction of sp³-hybridized carbons (Fsp3) is 0.692. The summed E-state index contributed by atoms with van der Waals surface area (Å²) in [5, 5.41) is 0. The van der Waals surface area contributed by atoms with E-state index in [1.807, 2.05) is 11.0 Å². The summed E-state index contributed by atoms with van der Waals surface area (Å²) in [6.45, 7) is 1.32. The smallest absolute Gasteiger partial charge is 0.315 e. The minimum Gasteiger partial charge on any atom is -0.468 e. The first kappa shape index (κ1) is 13.5. The first-order valence-electron chi connectivity index (χ1n) is 6.30. The van der Waals surface area contributed by atoms with Crippen LogP contribution in [-0.2, 0) is 14.3 Å². The van der Waals surface area contributed by atoms with Gasteiger partial charge in [-0.25, -0.2) is 0 Å². The van der Waals surface area contributed by atoms with Gasteiger partial charge >= 0.3 is 5.97 Å². The van der Waals surface area contributed by atoms with E-state index in [0.29, 0.717) is 25.3 Å². The molecule has 100 valence electrons. The van der Waals surface area contributed by atoms with Crippen LogP contribution in [0.15, 0.2) is 11.6 Å². The van der Waals surface area contributed by atoms with E-state index >= 15 is 0 Å². The molecule has 0 bridgehead atoms. The lowest BCUT2D eigenvalue weighted by Gasteiger charge is -2.29. The molecule has 0 saturated heterocycles. The molecule has 2 rings (SSSR count). The molecule has 1 saturated carbocycles. The lowest BCUT2D eigenvalue weighted by atomic mass is 9.90. The number of carbonyl (C=O) groups excluding carboxylic acids is 2. The summed E-state index contributed by atoms with van der Waals surface area (Å²) in [5.74, 6) is 0.602. The monoisotopic (exact) mass is 269 g/mol. The summed E-state index contributed by atoms with van der Waals surface area (Å²) in [4.78, 5) is 25.3. The zero-order valence-corrected chi connectivity index (χ0v) is 11.5. The van der Waals surface area contributed by atoms with E-state index in [-0.39, 0.29) is 17.3 Å². The van der Waals surface area contributed by atoms with Gasteiger partial charge in [0.2, 0.25) is 5.91 Å². The van der Waals surface area contributed by atoms with Crippen LogP contribution < -0.4 is 0 Å². The molecule has 0 aromatic heterocycles. The molecule has 0 aromatic carbocycles. The predicted molar refractivity (Wildman–Crippen MR) is 71.4 cm³/mol. The van der Waals surface area contributed by atoms with Crippen molar-refractivity contribution >= 4 is 24.5 Å². The maximum atomic E-state index is 11.8. The molecule has 0 unspecified atom stereocenters. The van der Waals surface area contributed by atoms with Gasteiger partial charge in [0.15, 0.2) is 0 Å². The van der Waals surface area contributed by atoms with Crippen LogP contribution in [0.25, 0.3) is 0 Å². The molecule has 5 heteroatoms. The Morgan fingerprint density at radius 1 is 1.50 bits per heavy atom. The number of amides is 1. The number of esters is 1. The number of carbonyl (C=O) groups is 2. The molecular weight excluding hydrogens is 250 g/mol. The molecule has 0 atom stereocenters. The largest absolute Gasteiger partial charge is 0.468 e. The molecule has 18 heavy (non-hydrogen) atoms. The zero-order valence-electron chi connectivity index (χ0n) is 10.6. The summed E-state index contributed by atoms with van der Waals surface area (Å²) < 4.78 is 4.87. The maximum Gasteiger partial charge on any atom is 0.315 e. The van der Waals surface area contributed by atoms with Gasteiger partial charge in [0.1, 0.15) is 0 Å². The van der Waals surface area contributed by atoms with Crippen LogP contribution >= 0.6 is 12.6 Å². The third-order valence-electron chi connectivity index (χ3n) is 3.83. The molecule has 1 aliphatic carbocycles. The Morgan fingerprint density at radius 2 is 2.22 bits per heavy atom. The van der Waals surface area contributed by atoms with Crippen molar-refractivity contribution in [2.45, 2.75) is 25.7 Å². The Hall–Kier alpha value is -0.970. The topological polar surface area (TPSA) is 46.6 Å². The minimum atomic E-state index is -0.354. The SMILES string of the molecule is COC(=O)C1(C2=CCN(C(=O)CCS)CC2)CC1. The van der Waals surface area contributed by atoms with Crippen molar-refractivity contribution in [3.63, 3.8) is 0 Å². The Kier molecular flexibility index (Phi) is 4.00. The van der Waals surface area contributed by atoms with E-state index < -0.39 is 0 Å². The number of thiol groups is 1. The van der Waals surface area contributed by atoms with Gasteiger partial charge in [-0.3, -0.25) is 9.59 Å². The van der Waals surface area contributed by atoms with Gasteiger partial charge < -0.3 is 9.64 Å². The normalized spacial score (nSPS) is 21.2. The van der Waals surface area contributed by atoms with Crippen molar-refractivity contribution < 1.29 is 14.3 Å². The lowest BCUT2D eigenvalue weighted by Crippen LogP contribution is -2.37. The molecule has 0 radical (unpaired) electrons. The van der Waals surface area contributed by atoms with Gasteiger partial charge in [0.25, 0.3) is 0 Å². The molecule has 1 aliphatic heterocycles. The molecular formula is C13H19NO3S. The van der Waals surface area contributed by atoms with Crippen molar-refractivity contribution in [1.82, 2.24) is 4.90 Å². The number of hydrogen-bond acceptors (Lipinski definition) is 4. The van der Waals surface area contributed by atoms with Crippen LogP contribution in [0.2, 0.25) is 0 Å². The highest BCUT2D eigenvalue weighted by Crippen LogP contribution is 2.54. The molecule has 4 nitrogen and oxygen atoms in total. The van der Waals surface area contributed by atoms with E-state index in [0.717, 1.165) is 24.8 Å². The van der Waals surface area contributed by atoms with Crippen molar-refractivity contribution in [3.05, 3.63) is 11.6 Å². The standard InChI is InChI=1S/C13H19NO3S/c1-17-12(16)13(5-6-13)10-2-7-14(8-3-10)11(15)4-9-18/h2,18H,3-9H2,1H3. The summed E-state index contributed by atoms with van der Waals surface area (Å²) in [7, 11) is 1.44. The average molecular weight is 269 g/mol. The third kappa shape index (κ3) is 2.41. The number of rotatable bonds is 4. The second-order valence-corrected chi connectivity index (χ2v) is 5.31. The zero-order chi connectivity index (χ0) is 13.2. The van der Waals surface area contributed by atoms with Crippen molar-refractivity contribution in [1.29, 1.82) is 0 Å². The van der Waals surface area contributed by atoms with Gasteiger partial charge in [-0.2, -0.15) is 12.6 Å². The van der Waals surface area contributed by atoms with Crippen LogP contribution in [0.4, 0.5) is 0 Å². The van der Waals surface area contributed by atoms with Crippen molar-refractivity contribution in [2.75, 3.05) is 26.0 Å². The van der Waals surface area contributed by atoms with E-state index in [4.69, 9.17) is 4.74 Å². The van der Waals surface area contributed by atoms with E-state index in [1.165, 1.54) is 7.11 Å². The Morgan fingerprint density at radius 3 is 2.67 bits per heavy atom. The van der Waals surface area contributed by atoms with Crippen LogP contribution in [0.5, 0.6) is 0 Å². The van der Waals surface area contributed by atoms with Crippen LogP contribution in [0.3, 0.4) is 0 Å². The average Bonchev–Trinajstić information content (AvgIpc) is 3.20. The molecule has 1 heterocycles. The molecule has 1 fully saturated rings. The minimum absolute atomic E-state index is 0.121. The highest BCUT2D eigenvalue weighted by Gasteiger charge is 2.53. The highest BCUT2D eigenvalue weighted by atomic mass is 32.1. The van der Waals surface area contributed by atoms with E-state index in [9.17, 15) is 9.59 Å².